The molecule has 1 rings (SSSR count). The molecule has 0 saturated carbocycles. The molecule has 0 aliphatic rings. The Bertz CT molecular complexity index is 358. The standard InChI is InChI=1S/C9H14N.C2H2.F6P/c1-2-3-7-10-8-5-4-6-9-10;1-2;1-7(2,3,4,5)6/h4-6,8-9H,2-3,7H2,1H3;1-2H;/q+1;;-1. The summed E-state index contributed by atoms with van der Waals surface area (Å²) in [6, 6.07) is 6.17. The maximum absolute atomic E-state index is 10.7. The average molecular weight is 307 g/mol. The zero-order valence-corrected chi connectivity index (χ0v) is 11.2. The minimum atomic E-state index is -10.7. The van der Waals surface area contributed by atoms with Crippen LogP contribution in [0.5, 0.6) is 0 Å². The molecule has 0 unspecified atom stereocenters. The van der Waals surface area contributed by atoms with Gasteiger partial charge in [0.15, 0.2) is 12.4 Å². The molecule has 0 aromatic carbocycles. The van der Waals surface area contributed by atoms with Crippen LogP contribution in [-0.2, 0) is 6.54 Å². The van der Waals surface area contributed by atoms with Gasteiger partial charge in [0.05, 0.1) is 0 Å². The fraction of sp³-hybridized carbons (Fsp3) is 0.364. The van der Waals surface area contributed by atoms with Gasteiger partial charge in [-0.1, -0.05) is 19.4 Å². The summed E-state index contributed by atoms with van der Waals surface area (Å²) in [5.41, 5.74) is 0. The molecular weight excluding hydrogens is 291 g/mol. The molecule has 0 spiro atoms. The van der Waals surface area contributed by atoms with Crippen molar-refractivity contribution in [3.05, 3.63) is 30.6 Å². The second-order valence-corrected chi connectivity index (χ2v) is 5.34. The Morgan fingerprint density at radius 3 is 1.58 bits per heavy atom. The Balaban J connectivity index is 0. The van der Waals surface area contributed by atoms with Gasteiger partial charge < -0.3 is 0 Å². The van der Waals surface area contributed by atoms with E-state index in [1.807, 2.05) is 6.07 Å². The van der Waals surface area contributed by atoms with E-state index in [9.17, 15) is 25.2 Å². The first-order chi connectivity index (χ1) is 8.38. The molecule has 0 bridgehead atoms. The van der Waals surface area contributed by atoms with E-state index in [1.165, 1.54) is 12.8 Å². The van der Waals surface area contributed by atoms with Crippen molar-refractivity contribution in [2.75, 3.05) is 0 Å². The molecule has 0 aliphatic heterocycles. The second kappa shape index (κ2) is 6.76. The van der Waals surface area contributed by atoms with E-state index < -0.39 is 7.81 Å². The monoisotopic (exact) mass is 307 g/mol. The van der Waals surface area contributed by atoms with Crippen LogP contribution in [0.3, 0.4) is 0 Å². The number of aromatic nitrogens is 1. The number of terminal acetylenes is 1. The fourth-order valence-corrected chi connectivity index (χ4v) is 0.924. The van der Waals surface area contributed by atoms with E-state index in [4.69, 9.17) is 0 Å². The van der Waals surface area contributed by atoms with Gasteiger partial charge in [-0.05, 0) is 0 Å². The van der Waals surface area contributed by atoms with Gasteiger partial charge in [-0.2, -0.15) is 0 Å². The first-order valence-electron chi connectivity index (χ1n) is 5.22. The molecule has 8 heteroatoms. The molecule has 0 N–H and O–H groups in total. The first kappa shape index (κ1) is 20.0. The van der Waals surface area contributed by atoms with Gasteiger partial charge in [0.2, 0.25) is 0 Å². The van der Waals surface area contributed by atoms with E-state index in [0.717, 1.165) is 6.54 Å². The molecular formula is C11H16F6NP. The van der Waals surface area contributed by atoms with Gasteiger partial charge >= 0.3 is 33.0 Å². The average Bonchev–Trinajstić information content (AvgIpc) is 2.26. The van der Waals surface area contributed by atoms with E-state index in [2.05, 4.69) is 48.9 Å². The van der Waals surface area contributed by atoms with E-state index in [1.54, 1.807) is 0 Å². The summed E-state index contributed by atoms with van der Waals surface area (Å²) in [4.78, 5) is 0. The quantitative estimate of drug-likeness (QED) is 0.304. The molecule has 1 nitrogen and oxygen atoms in total. The molecule has 0 amide bonds. The normalized spacial score (nSPS) is 13.7. The van der Waals surface area contributed by atoms with Crippen LogP contribution < -0.4 is 4.57 Å². The van der Waals surface area contributed by atoms with Crippen molar-refractivity contribution < 1.29 is 29.7 Å². The van der Waals surface area contributed by atoms with Crippen molar-refractivity contribution in [2.45, 2.75) is 26.3 Å². The zero-order chi connectivity index (χ0) is 15.6. The zero-order valence-electron chi connectivity index (χ0n) is 10.3. The number of unbranched alkanes of at least 4 members (excludes halogenated alkanes) is 1. The Morgan fingerprint density at radius 2 is 1.26 bits per heavy atom. The topological polar surface area (TPSA) is 3.88 Å². The fourth-order valence-electron chi connectivity index (χ4n) is 0.924. The summed E-state index contributed by atoms with van der Waals surface area (Å²) in [5.74, 6) is 0. The van der Waals surface area contributed by atoms with E-state index in [0.29, 0.717) is 0 Å². The predicted octanol–water partition coefficient (Wildman–Crippen LogP) is 5.41. The van der Waals surface area contributed by atoms with Crippen LogP contribution in [0.25, 0.3) is 0 Å². The third-order valence-electron chi connectivity index (χ3n) is 1.55. The first-order valence-corrected chi connectivity index (χ1v) is 7.25. The van der Waals surface area contributed by atoms with Crippen LogP contribution in [0.1, 0.15) is 19.8 Å². The molecule has 19 heavy (non-hydrogen) atoms. The summed E-state index contributed by atoms with van der Waals surface area (Å²) < 4.78 is 61.4. The Hall–Kier alpha value is -1.28. The van der Waals surface area contributed by atoms with Gasteiger partial charge in [-0.25, -0.2) is 4.57 Å². The Morgan fingerprint density at radius 1 is 0.895 bits per heavy atom. The van der Waals surface area contributed by atoms with Gasteiger partial charge in [-0.3, -0.25) is 0 Å². The van der Waals surface area contributed by atoms with Crippen LogP contribution in [0.2, 0.25) is 0 Å². The van der Waals surface area contributed by atoms with Crippen LogP contribution in [0, 0.1) is 12.8 Å². The van der Waals surface area contributed by atoms with Crippen LogP contribution >= 0.6 is 7.81 Å². The number of hydrogen-bond donors (Lipinski definition) is 0. The minimum absolute atomic E-state index is 1.15. The maximum atomic E-state index is 9.87. The Labute approximate surface area is 108 Å². The van der Waals surface area contributed by atoms with Crippen LogP contribution in [0.15, 0.2) is 30.6 Å². The molecule has 0 atom stereocenters. The summed E-state index contributed by atoms with van der Waals surface area (Å²) in [6.07, 6.45) is 14.8. The summed E-state index contributed by atoms with van der Waals surface area (Å²) in [7, 11) is -10.7. The molecule has 1 aromatic heterocycles. The van der Waals surface area contributed by atoms with Gasteiger partial charge in [0.1, 0.15) is 6.54 Å². The van der Waals surface area contributed by atoms with Gasteiger partial charge in [0, 0.05) is 18.6 Å². The van der Waals surface area contributed by atoms with Gasteiger partial charge in [-0.15, -0.1) is 12.8 Å². The number of pyridine rings is 1. The molecule has 1 heterocycles. The number of rotatable bonds is 3. The Kier molecular flexibility index (Phi) is 7.13. The van der Waals surface area contributed by atoms with Crippen molar-refractivity contribution in [3.63, 3.8) is 0 Å². The molecule has 112 valence electrons. The van der Waals surface area contributed by atoms with Crippen molar-refractivity contribution in [1.29, 1.82) is 0 Å². The summed E-state index contributed by atoms with van der Waals surface area (Å²) in [6.45, 7) is 3.36. The van der Waals surface area contributed by atoms with Crippen molar-refractivity contribution in [2.24, 2.45) is 0 Å². The van der Waals surface area contributed by atoms with Crippen LogP contribution in [0.4, 0.5) is 25.2 Å². The molecule has 0 fully saturated rings. The number of hydrogen-bond acceptors (Lipinski definition) is 0. The second-order valence-electron chi connectivity index (χ2n) is 3.43. The SMILES string of the molecule is C#C.CCCC[n+]1ccccc1.F[P-](F)(F)(F)(F)F. The summed E-state index contributed by atoms with van der Waals surface area (Å²) >= 11 is 0. The number of halogens is 6. The van der Waals surface area contributed by atoms with Crippen molar-refractivity contribution in [1.82, 2.24) is 0 Å². The number of aryl methyl sites for hydroxylation is 1. The molecule has 0 aliphatic carbocycles. The number of nitrogens with zero attached hydrogens (tertiary/aromatic N) is 1. The molecule has 0 saturated heterocycles. The van der Waals surface area contributed by atoms with Gasteiger partial charge in [0.25, 0.3) is 0 Å². The third kappa shape index (κ3) is 31.5. The summed E-state index contributed by atoms with van der Waals surface area (Å²) in [5, 5.41) is 0. The molecule has 1 aromatic rings. The van der Waals surface area contributed by atoms with Crippen molar-refractivity contribution in [3.8, 4) is 12.8 Å². The van der Waals surface area contributed by atoms with E-state index >= 15 is 0 Å². The van der Waals surface area contributed by atoms with E-state index in [-0.39, 0.29) is 0 Å². The molecule has 0 radical (unpaired) electrons. The third-order valence-corrected chi connectivity index (χ3v) is 1.55. The van der Waals surface area contributed by atoms with Crippen LogP contribution in [-0.4, -0.2) is 0 Å². The predicted molar refractivity (Wildman–Crippen MR) is 65.0 cm³/mol. The van der Waals surface area contributed by atoms with Crippen molar-refractivity contribution >= 4 is 7.81 Å².